The van der Waals surface area contributed by atoms with Crippen molar-refractivity contribution in [3.63, 3.8) is 0 Å². The molecule has 7 nitrogen and oxygen atoms in total. The molecule has 1 saturated heterocycles. The maximum Gasteiger partial charge on any atom is 0.246 e. The Balaban J connectivity index is 1.48. The van der Waals surface area contributed by atoms with Gasteiger partial charge in [0.15, 0.2) is 10.9 Å². The number of carbonyl (C=O) groups is 1. The van der Waals surface area contributed by atoms with Gasteiger partial charge in [-0.1, -0.05) is 0 Å². The van der Waals surface area contributed by atoms with E-state index in [0.717, 1.165) is 52.4 Å². The van der Waals surface area contributed by atoms with Crippen LogP contribution in [0.2, 0.25) is 0 Å². The van der Waals surface area contributed by atoms with E-state index in [1.54, 1.807) is 47.2 Å². The van der Waals surface area contributed by atoms with Gasteiger partial charge in [0.05, 0.1) is 22.1 Å². The Morgan fingerprint density at radius 3 is 2.80 bits per heavy atom. The fourth-order valence-corrected chi connectivity index (χ4v) is 4.88. The SMILES string of the molecule is Cc1nc(/C=C/C(=O)N2CCC[C@H](c3nccnc3Nc3nc(C)c(C)s3)C2)cs1. The van der Waals surface area contributed by atoms with Gasteiger partial charge in [-0.25, -0.2) is 15.0 Å². The topological polar surface area (TPSA) is 83.9 Å². The highest BCUT2D eigenvalue weighted by Crippen LogP contribution is 2.32. The number of amides is 1. The summed E-state index contributed by atoms with van der Waals surface area (Å²) in [4.78, 5) is 33.8. The van der Waals surface area contributed by atoms with Crippen LogP contribution in [0.4, 0.5) is 10.9 Å². The van der Waals surface area contributed by atoms with Gasteiger partial charge in [-0.2, -0.15) is 0 Å². The molecule has 3 aromatic rings. The summed E-state index contributed by atoms with van der Waals surface area (Å²) in [6.07, 6.45) is 8.72. The molecule has 0 bridgehead atoms. The fraction of sp³-hybridized carbons (Fsp3) is 0.381. The zero-order valence-electron chi connectivity index (χ0n) is 17.3. The fourth-order valence-electron chi connectivity index (χ4n) is 3.49. The van der Waals surface area contributed by atoms with E-state index in [-0.39, 0.29) is 11.8 Å². The molecule has 0 radical (unpaired) electrons. The minimum atomic E-state index is 0.00919. The van der Waals surface area contributed by atoms with E-state index < -0.39 is 0 Å². The highest BCUT2D eigenvalue weighted by Gasteiger charge is 2.27. The molecule has 0 spiro atoms. The highest BCUT2D eigenvalue weighted by atomic mass is 32.1. The van der Waals surface area contributed by atoms with Gasteiger partial charge < -0.3 is 10.2 Å². The number of nitrogens with one attached hydrogen (secondary N) is 1. The molecule has 156 valence electrons. The zero-order valence-corrected chi connectivity index (χ0v) is 18.9. The Kier molecular flexibility index (Phi) is 6.19. The number of thiazole rings is 2. The molecular formula is C21H24N6OS2. The van der Waals surface area contributed by atoms with Crippen LogP contribution in [0.5, 0.6) is 0 Å². The van der Waals surface area contributed by atoms with Gasteiger partial charge in [-0.05, 0) is 39.7 Å². The van der Waals surface area contributed by atoms with Crippen molar-refractivity contribution < 1.29 is 4.79 Å². The molecule has 0 unspecified atom stereocenters. The average Bonchev–Trinajstić information content (AvgIpc) is 3.31. The van der Waals surface area contributed by atoms with Crippen molar-refractivity contribution in [2.24, 2.45) is 0 Å². The monoisotopic (exact) mass is 440 g/mol. The third-order valence-corrected chi connectivity index (χ3v) is 6.91. The molecule has 4 heterocycles. The number of carbonyl (C=O) groups excluding carboxylic acids is 1. The minimum absolute atomic E-state index is 0.00919. The summed E-state index contributed by atoms with van der Waals surface area (Å²) in [6, 6.07) is 0. The predicted octanol–water partition coefficient (Wildman–Crippen LogP) is 4.48. The summed E-state index contributed by atoms with van der Waals surface area (Å²) in [5.41, 5.74) is 2.73. The zero-order chi connectivity index (χ0) is 21.1. The second kappa shape index (κ2) is 9.01. The number of aromatic nitrogens is 4. The number of aryl methyl sites for hydroxylation is 3. The molecule has 30 heavy (non-hydrogen) atoms. The number of hydrogen-bond acceptors (Lipinski definition) is 8. The first-order chi connectivity index (χ1) is 14.5. The number of nitrogens with zero attached hydrogens (tertiary/aromatic N) is 5. The lowest BCUT2D eigenvalue weighted by Crippen LogP contribution is -2.38. The molecule has 1 atom stereocenters. The molecule has 3 aromatic heterocycles. The normalized spacial score (nSPS) is 16.9. The van der Waals surface area contributed by atoms with Crippen LogP contribution in [0.15, 0.2) is 23.8 Å². The van der Waals surface area contributed by atoms with E-state index in [1.165, 1.54) is 4.88 Å². The third kappa shape index (κ3) is 4.73. The molecule has 1 fully saturated rings. The first-order valence-corrected chi connectivity index (χ1v) is 11.6. The van der Waals surface area contributed by atoms with Gasteiger partial charge >= 0.3 is 0 Å². The van der Waals surface area contributed by atoms with Gasteiger partial charge in [0.2, 0.25) is 5.91 Å². The van der Waals surface area contributed by atoms with Crippen LogP contribution in [0, 0.1) is 20.8 Å². The molecule has 1 N–H and O–H groups in total. The second-order valence-electron chi connectivity index (χ2n) is 7.32. The summed E-state index contributed by atoms with van der Waals surface area (Å²) in [6.45, 7) is 7.40. The summed E-state index contributed by atoms with van der Waals surface area (Å²) >= 11 is 3.19. The second-order valence-corrected chi connectivity index (χ2v) is 9.59. The van der Waals surface area contributed by atoms with Gasteiger partial charge in [0.25, 0.3) is 0 Å². The summed E-state index contributed by atoms with van der Waals surface area (Å²) in [5.74, 6) is 0.866. The molecule has 0 aliphatic carbocycles. The summed E-state index contributed by atoms with van der Waals surface area (Å²) in [7, 11) is 0. The predicted molar refractivity (Wildman–Crippen MR) is 121 cm³/mol. The summed E-state index contributed by atoms with van der Waals surface area (Å²) < 4.78 is 0. The van der Waals surface area contributed by atoms with Gasteiger partial charge in [-0.15, -0.1) is 22.7 Å². The van der Waals surface area contributed by atoms with Crippen molar-refractivity contribution in [3.05, 3.63) is 50.8 Å². The van der Waals surface area contributed by atoms with E-state index in [2.05, 4.69) is 32.2 Å². The Morgan fingerprint density at radius 1 is 1.23 bits per heavy atom. The average molecular weight is 441 g/mol. The van der Waals surface area contributed by atoms with Crippen molar-refractivity contribution in [2.45, 2.75) is 39.5 Å². The van der Waals surface area contributed by atoms with E-state index in [0.29, 0.717) is 6.54 Å². The largest absolute Gasteiger partial charge is 0.338 e. The molecule has 4 rings (SSSR count). The lowest BCUT2D eigenvalue weighted by Gasteiger charge is -2.32. The maximum absolute atomic E-state index is 12.7. The van der Waals surface area contributed by atoms with Crippen LogP contribution in [0.3, 0.4) is 0 Å². The van der Waals surface area contributed by atoms with Crippen molar-refractivity contribution in [2.75, 3.05) is 18.4 Å². The maximum atomic E-state index is 12.7. The molecule has 1 aliphatic rings. The van der Waals surface area contributed by atoms with Crippen molar-refractivity contribution in [1.29, 1.82) is 0 Å². The highest BCUT2D eigenvalue weighted by molar-refractivity contribution is 7.15. The number of likely N-dealkylation sites (tertiary alicyclic amines) is 1. The van der Waals surface area contributed by atoms with Crippen LogP contribution in [0.1, 0.15) is 45.7 Å². The molecule has 1 amide bonds. The van der Waals surface area contributed by atoms with E-state index in [1.807, 2.05) is 24.1 Å². The lowest BCUT2D eigenvalue weighted by atomic mass is 9.94. The first kappa shape index (κ1) is 20.6. The van der Waals surface area contributed by atoms with E-state index in [9.17, 15) is 4.79 Å². The van der Waals surface area contributed by atoms with Crippen LogP contribution in [-0.4, -0.2) is 43.8 Å². The number of hydrogen-bond donors (Lipinski definition) is 1. The standard InChI is InChI=1S/C21H24N6OS2/c1-13-14(2)30-21(24-13)26-20-19(22-8-9-23-20)16-5-4-10-27(11-16)18(28)7-6-17-12-29-15(3)25-17/h6-9,12,16H,4-5,10-11H2,1-3H3,(H,23,24,26)/b7-6+/t16-/m0/s1. The van der Waals surface area contributed by atoms with Gasteiger partial charge in [0, 0.05) is 47.7 Å². The third-order valence-electron chi connectivity index (χ3n) is 5.13. The van der Waals surface area contributed by atoms with E-state index in [4.69, 9.17) is 0 Å². The van der Waals surface area contributed by atoms with Crippen LogP contribution in [0.25, 0.3) is 6.08 Å². The Bertz CT molecular complexity index is 1050. The number of anilines is 2. The van der Waals surface area contributed by atoms with Crippen molar-refractivity contribution in [3.8, 4) is 0 Å². The molecule has 0 saturated carbocycles. The molecule has 1 aliphatic heterocycles. The Hall–Kier alpha value is -2.65. The molecule has 9 heteroatoms. The Labute approximate surface area is 183 Å². The van der Waals surface area contributed by atoms with Crippen molar-refractivity contribution in [1.82, 2.24) is 24.8 Å². The Morgan fingerprint density at radius 2 is 2.07 bits per heavy atom. The lowest BCUT2D eigenvalue weighted by molar-refractivity contribution is -0.127. The van der Waals surface area contributed by atoms with Crippen molar-refractivity contribution >= 4 is 45.6 Å². The minimum Gasteiger partial charge on any atom is -0.338 e. The van der Waals surface area contributed by atoms with Crippen LogP contribution in [-0.2, 0) is 4.79 Å². The first-order valence-electron chi connectivity index (χ1n) is 9.90. The smallest absolute Gasteiger partial charge is 0.246 e. The van der Waals surface area contributed by atoms with Crippen LogP contribution < -0.4 is 5.32 Å². The quantitative estimate of drug-likeness (QED) is 0.589. The number of rotatable bonds is 5. The molecule has 0 aromatic carbocycles. The summed E-state index contributed by atoms with van der Waals surface area (Å²) in [5, 5.41) is 7.10. The van der Waals surface area contributed by atoms with Crippen LogP contribution >= 0.6 is 22.7 Å². The number of piperidine rings is 1. The molecular weight excluding hydrogens is 416 g/mol. The van der Waals surface area contributed by atoms with E-state index >= 15 is 0 Å². The van der Waals surface area contributed by atoms with Gasteiger partial charge in [-0.3, -0.25) is 9.78 Å². The van der Waals surface area contributed by atoms with Gasteiger partial charge in [0.1, 0.15) is 0 Å².